The molecule has 2 heterocycles. The molecule has 2 aromatic heterocycles. The summed E-state index contributed by atoms with van der Waals surface area (Å²) in [5, 5.41) is 0.684. The van der Waals surface area contributed by atoms with Crippen LogP contribution in [0.1, 0.15) is 22.8 Å². The molecule has 4 rings (SSSR count). The number of aryl methyl sites for hydroxylation is 1. The second-order valence-corrected chi connectivity index (χ2v) is 7.35. The summed E-state index contributed by atoms with van der Waals surface area (Å²) in [5.41, 5.74) is 1.89. The van der Waals surface area contributed by atoms with E-state index in [1.165, 1.54) is 23.0 Å². The number of hydrogen-bond donors (Lipinski definition) is 0. The zero-order chi connectivity index (χ0) is 19.7. The maximum Gasteiger partial charge on any atom is 0.349 e. The second kappa shape index (κ2) is 7.40. The lowest BCUT2D eigenvalue weighted by Gasteiger charge is -2.02. The van der Waals surface area contributed by atoms with Crippen LogP contribution in [0, 0.1) is 0 Å². The zero-order valence-corrected chi connectivity index (χ0v) is 16.2. The van der Waals surface area contributed by atoms with E-state index < -0.39 is 11.5 Å². The van der Waals surface area contributed by atoms with Gasteiger partial charge in [-0.15, -0.1) is 6.58 Å². The van der Waals surface area contributed by atoms with Crippen LogP contribution in [0.2, 0.25) is 0 Å². The Labute approximate surface area is 164 Å². The number of hydrogen-bond acceptors (Lipinski definition) is 4. The average Bonchev–Trinajstić information content (AvgIpc) is 3.03. The Morgan fingerprint density at radius 3 is 2.86 bits per heavy atom. The van der Waals surface area contributed by atoms with E-state index in [-0.39, 0.29) is 5.56 Å². The fourth-order valence-electron chi connectivity index (χ4n) is 3.09. The van der Waals surface area contributed by atoms with Gasteiger partial charge in [0.25, 0.3) is 5.91 Å². The second-order valence-electron chi connectivity index (χ2n) is 6.34. The molecule has 6 heteroatoms. The largest absolute Gasteiger partial charge is 0.422 e. The summed E-state index contributed by atoms with van der Waals surface area (Å²) in [6, 6.07) is 14.8. The van der Waals surface area contributed by atoms with Crippen molar-refractivity contribution in [1.82, 2.24) is 4.57 Å². The molecular formula is C22H18N2O3S. The normalized spacial score (nSPS) is 12.0. The van der Waals surface area contributed by atoms with E-state index in [9.17, 15) is 9.59 Å². The van der Waals surface area contributed by atoms with Crippen LogP contribution in [0.15, 0.2) is 75.4 Å². The highest BCUT2D eigenvalue weighted by molar-refractivity contribution is 7.16. The molecule has 0 aliphatic rings. The third-order valence-electron chi connectivity index (χ3n) is 4.54. The van der Waals surface area contributed by atoms with Gasteiger partial charge in [0.05, 0.1) is 10.2 Å². The summed E-state index contributed by atoms with van der Waals surface area (Å²) < 4.78 is 8.23. The Morgan fingerprint density at radius 2 is 2.07 bits per heavy atom. The van der Waals surface area contributed by atoms with E-state index in [1.807, 2.05) is 16.7 Å². The third-order valence-corrected chi connectivity index (χ3v) is 5.58. The highest BCUT2D eigenvalue weighted by Gasteiger charge is 2.14. The van der Waals surface area contributed by atoms with Crippen molar-refractivity contribution in [3.63, 3.8) is 0 Å². The van der Waals surface area contributed by atoms with Crippen molar-refractivity contribution in [2.45, 2.75) is 19.9 Å². The fourth-order valence-corrected chi connectivity index (χ4v) is 4.19. The highest BCUT2D eigenvalue weighted by Crippen LogP contribution is 2.20. The number of nitrogens with zero attached hydrogens (tertiary/aromatic N) is 2. The number of allylic oxidation sites excluding steroid dienone is 1. The summed E-state index contributed by atoms with van der Waals surface area (Å²) in [4.78, 5) is 29.8. The Morgan fingerprint density at radius 1 is 1.25 bits per heavy atom. The topological polar surface area (TPSA) is 64.6 Å². The van der Waals surface area contributed by atoms with Gasteiger partial charge in [-0.3, -0.25) is 4.79 Å². The summed E-state index contributed by atoms with van der Waals surface area (Å²) in [6.07, 6.45) is 2.69. The number of aromatic nitrogens is 1. The molecule has 0 spiro atoms. The Balaban J connectivity index is 1.88. The van der Waals surface area contributed by atoms with E-state index in [4.69, 9.17) is 4.42 Å². The minimum Gasteiger partial charge on any atom is -0.422 e. The van der Waals surface area contributed by atoms with Gasteiger partial charge in [-0.1, -0.05) is 48.6 Å². The number of para-hydroxylation sites is 1. The average molecular weight is 390 g/mol. The number of thiazole rings is 1. The Hall–Kier alpha value is -3.25. The Bertz CT molecular complexity index is 1340. The van der Waals surface area contributed by atoms with Gasteiger partial charge >= 0.3 is 5.63 Å². The number of benzene rings is 2. The van der Waals surface area contributed by atoms with Gasteiger partial charge in [-0.2, -0.15) is 4.99 Å². The van der Waals surface area contributed by atoms with Crippen molar-refractivity contribution in [3.05, 3.63) is 87.5 Å². The van der Waals surface area contributed by atoms with Gasteiger partial charge in [-0.05, 0) is 36.2 Å². The van der Waals surface area contributed by atoms with Crippen LogP contribution in [-0.4, -0.2) is 10.5 Å². The lowest BCUT2D eigenvalue weighted by molar-refractivity contribution is 0.0994. The maximum atomic E-state index is 12.8. The third kappa shape index (κ3) is 3.23. The molecule has 4 aromatic rings. The van der Waals surface area contributed by atoms with Crippen molar-refractivity contribution >= 4 is 38.4 Å². The van der Waals surface area contributed by atoms with E-state index in [0.29, 0.717) is 22.3 Å². The summed E-state index contributed by atoms with van der Waals surface area (Å²) in [5.74, 6) is -0.611. The lowest BCUT2D eigenvalue weighted by atomic mass is 10.2. The number of amides is 1. The molecule has 5 nitrogen and oxygen atoms in total. The molecule has 0 saturated heterocycles. The van der Waals surface area contributed by atoms with Crippen LogP contribution in [0.3, 0.4) is 0 Å². The number of fused-ring (bicyclic) bond motifs is 2. The molecule has 0 bridgehead atoms. The predicted molar refractivity (Wildman–Crippen MR) is 112 cm³/mol. The molecule has 1 amide bonds. The molecule has 0 aliphatic heterocycles. The summed E-state index contributed by atoms with van der Waals surface area (Å²) in [7, 11) is 0. The monoisotopic (exact) mass is 390 g/mol. The van der Waals surface area contributed by atoms with Crippen LogP contribution < -0.4 is 10.4 Å². The number of rotatable bonds is 4. The lowest BCUT2D eigenvalue weighted by Crippen LogP contribution is -2.19. The first-order valence-corrected chi connectivity index (χ1v) is 9.77. The maximum absolute atomic E-state index is 12.8. The van der Waals surface area contributed by atoms with Gasteiger partial charge in [0, 0.05) is 11.9 Å². The highest BCUT2D eigenvalue weighted by atomic mass is 32.1. The van der Waals surface area contributed by atoms with E-state index >= 15 is 0 Å². The minimum absolute atomic E-state index is 0.0736. The molecule has 0 fully saturated rings. The molecule has 0 N–H and O–H groups in total. The standard InChI is InChI=1S/C22H18N2O3S/c1-3-11-24-17-10-9-14(4-2)12-19(17)28-22(24)23-20(25)16-13-15-7-5-6-8-18(15)27-21(16)26/h3,5-10,12-13H,1,4,11H2,2H3. The van der Waals surface area contributed by atoms with Gasteiger partial charge < -0.3 is 8.98 Å². The van der Waals surface area contributed by atoms with Crippen LogP contribution in [-0.2, 0) is 13.0 Å². The van der Waals surface area contributed by atoms with Crippen molar-refractivity contribution in [1.29, 1.82) is 0 Å². The molecule has 140 valence electrons. The minimum atomic E-state index is -0.683. The summed E-state index contributed by atoms with van der Waals surface area (Å²) in [6.45, 7) is 6.41. The quantitative estimate of drug-likeness (QED) is 0.385. The molecule has 0 radical (unpaired) electrons. The van der Waals surface area contributed by atoms with Crippen molar-refractivity contribution < 1.29 is 9.21 Å². The molecule has 2 aromatic carbocycles. The van der Waals surface area contributed by atoms with Crippen molar-refractivity contribution in [2.24, 2.45) is 4.99 Å². The van der Waals surface area contributed by atoms with E-state index in [0.717, 1.165) is 16.6 Å². The van der Waals surface area contributed by atoms with Crippen LogP contribution >= 0.6 is 11.3 Å². The molecule has 0 atom stereocenters. The van der Waals surface area contributed by atoms with E-state index in [2.05, 4.69) is 30.6 Å². The first kappa shape index (κ1) is 18.1. The molecule has 0 unspecified atom stereocenters. The molecule has 28 heavy (non-hydrogen) atoms. The van der Waals surface area contributed by atoms with E-state index in [1.54, 1.807) is 24.3 Å². The van der Waals surface area contributed by atoms with Gasteiger partial charge in [0.1, 0.15) is 11.1 Å². The van der Waals surface area contributed by atoms with Gasteiger partial charge in [0.2, 0.25) is 0 Å². The SMILES string of the molecule is C=CCn1c(=NC(=O)c2cc3ccccc3oc2=O)sc2cc(CC)ccc21. The summed E-state index contributed by atoms with van der Waals surface area (Å²) >= 11 is 1.42. The van der Waals surface area contributed by atoms with Crippen LogP contribution in [0.4, 0.5) is 0 Å². The zero-order valence-electron chi connectivity index (χ0n) is 15.3. The van der Waals surface area contributed by atoms with Gasteiger partial charge in [-0.25, -0.2) is 4.79 Å². The molecule has 0 saturated carbocycles. The first-order chi connectivity index (χ1) is 13.6. The molecular weight excluding hydrogens is 372 g/mol. The molecule has 0 aliphatic carbocycles. The smallest absolute Gasteiger partial charge is 0.349 e. The van der Waals surface area contributed by atoms with Crippen LogP contribution in [0.25, 0.3) is 21.2 Å². The predicted octanol–water partition coefficient (Wildman–Crippen LogP) is 4.30. The Kier molecular flexibility index (Phi) is 4.79. The van der Waals surface area contributed by atoms with Crippen LogP contribution in [0.5, 0.6) is 0 Å². The first-order valence-electron chi connectivity index (χ1n) is 8.96. The fraction of sp³-hybridized carbons (Fsp3) is 0.136. The van der Waals surface area contributed by atoms with Crippen molar-refractivity contribution in [2.75, 3.05) is 0 Å². The number of carbonyl (C=O) groups excluding carboxylic acids is 1. The van der Waals surface area contributed by atoms with Crippen molar-refractivity contribution in [3.8, 4) is 0 Å². The van der Waals surface area contributed by atoms with Gasteiger partial charge in [0.15, 0.2) is 4.80 Å². The number of carbonyl (C=O) groups is 1.